The maximum absolute atomic E-state index is 11.5. The zero-order valence-electron chi connectivity index (χ0n) is 9.01. The Balaban J connectivity index is 2.42. The van der Waals surface area contributed by atoms with E-state index in [1.54, 1.807) is 12.2 Å². The third kappa shape index (κ3) is 3.04. The highest BCUT2D eigenvalue weighted by molar-refractivity contribution is 5.83. The monoisotopic (exact) mass is 228 g/mol. The molecule has 1 aliphatic rings. The standard InChI is InChI=1S/C10H16N2O4/c1-10(16,9(14)15)5-12-8(13)6-2-3-7(11)4-6/h2-3,6-7,16H,4-5,11H2,1H3,(H,12,13)(H,14,15). The van der Waals surface area contributed by atoms with Gasteiger partial charge in [0, 0.05) is 6.04 Å². The minimum Gasteiger partial charge on any atom is -0.479 e. The molecule has 0 radical (unpaired) electrons. The Labute approximate surface area is 93.1 Å². The molecule has 1 aliphatic carbocycles. The van der Waals surface area contributed by atoms with Crippen molar-refractivity contribution in [1.82, 2.24) is 5.32 Å². The van der Waals surface area contributed by atoms with E-state index in [1.807, 2.05) is 0 Å². The lowest BCUT2D eigenvalue weighted by molar-refractivity contribution is -0.156. The normalized spacial score (nSPS) is 27.4. The molecule has 5 N–H and O–H groups in total. The lowest BCUT2D eigenvalue weighted by Gasteiger charge is -2.19. The summed E-state index contributed by atoms with van der Waals surface area (Å²) in [7, 11) is 0. The second kappa shape index (κ2) is 4.63. The van der Waals surface area contributed by atoms with Crippen LogP contribution in [0.4, 0.5) is 0 Å². The molecule has 0 aromatic rings. The molecule has 0 aromatic carbocycles. The van der Waals surface area contributed by atoms with E-state index >= 15 is 0 Å². The van der Waals surface area contributed by atoms with Crippen molar-refractivity contribution in [3.05, 3.63) is 12.2 Å². The lowest BCUT2D eigenvalue weighted by atomic mass is 10.1. The molecule has 90 valence electrons. The number of carboxylic acids is 1. The van der Waals surface area contributed by atoms with E-state index in [9.17, 15) is 14.7 Å². The third-order valence-corrected chi connectivity index (χ3v) is 2.52. The van der Waals surface area contributed by atoms with Crippen molar-refractivity contribution in [3.63, 3.8) is 0 Å². The van der Waals surface area contributed by atoms with E-state index in [0.717, 1.165) is 6.92 Å². The van der Waals surface area contributed by atoms with E-state index in [0.29, 0.717) is 6.42 Å². The molecule has 0 fully saturated rings. The third-order valence-electron chi connectivity index (χ3n) is 2.52. The van der Waals surface area contributed by atoms with Crippen molar-refractivity contribution in [2.75, 3.05) is 6.54 Å². The molecule has 0 bridgehead atoms. The van der Waals surface area contributed by atoms with Crippen LogP contribution in [0.3, 0.4) is 0 Å². The van der Waals surface area contributed by atoms with Gasteiger partial charge in [-0.2, -0.15) is 0 Å². The van der Waals surface area contributed by atoms with Crippen molar-refractivity contribution >= 4 is 11.9 Å². The predicted octanol–water partition coefficient (Wildman–Crippen LogP) is -1.16. The molecule has 0 heterocycles. The molecular weight excluding hydrogens is 212 g/mol. The Morgan fingerprint density at radius 3 is 2.62 bits per heavy atom. The number of carbonyl (C=O) groups is 2. The molecule has 6 nitrogen and oxygen atoms in total. The zero-order chi connectivity index (χ0) is 12.3. The minimum atomic E-state index is -1.94. The molecule has 3 unspecified atom stereocenters. The molecule has 0 aromatic heterocycles. The van der Waals surface area contributed by atoms with Crippen LogP contribution in [0.1, 0.15) is 13.3 Å². The van der Waals surface area contributed by atoms with Gasteiger partial charge in [0.05, 0.1) is 12.5 Å². The summed E-state index contributed by atoms with van der Waals surface area (Å²) in [5.74, 6) is -2.02. The number of nitrogens with one attached hydrogen (secondary N) is 1. The van der Waals surface area contributed by atoms with E-state index in [-0.39, 0.29) is 24.4 Å². The molecule has 0 saturated heterocycles. The zero-order valence-corrected chi connectivity index (χ0v) is 9.01. The highest BCUT2D eigenvalue weighted by Crippen LogP contribution is 2.16. The van der Waals surface area contributed by atoms with Crippen molar-refractivity contribution in [3.8, 4) is 0 Å². The summed E-state index contributed by atoms with van der Waals surface area (Å²) in [5, 5.41) is 20.4. The first-order chi connectivity index (χ1) is 7.33. The maximum Gasteiger partial charge on any atom is 0.337 e. The number of carbonyl (C=O) groups excluding carboxylic acids is 1. The van der Waals surface area contributed by atoms with E-state index in [4.69, 9.17) is 10.8 Å². The van der Waals surface area contributed by atoms with Crippen LogP contribution < -0.4 is 11.1 Å². The van der Waals surface area contributed by atoms with Gasteiger partial charge in [-0.3, -0.25) is 4.79 Å². The van der Waals surface area contributed by atoms with Crippen LogP contribution in [0.2, 0.25) is 0 Å². The minimum absolute atomic E-state index is 0.129. The fraction of sp³-hybridized carbons (Fsp3) is 0.600. The Morgan fingerprint density at radius 1 is 1.56 bits per heavy atom. The molecular formula is C10H16N2O4. The quantitative estimate of drug-likeness (QED) is 0.453. The van der Waals surface area contributed by atoms with E-state index < -0.39 is 11.6 Å². The molecule has 3 atom stereocenters. The number of aliphatic carboxylic acids is 1. The fourth-order valence-electron chi connectivity index (χ4n) is 1.39. The summed E-state index contributed by atoms with van der Waals surface area (Å²) in [6.45, 7) is 0.812. The highest BCUT2D eigenvalue weighted by atomic mass is 16.4. The number of nitrogens with two attached hydrogens (primary N) is 1. The van der Waals surface area contributed by atoms with Crippen molar-refractivity contribution < 1.29 is 19.8 Å². The fourth-order valence-corrected chi connectivity index (χ4v) is 1.39. The Morgan fingerprint density at radius 2 is 2.19 bits per heavy atom. The van der Waals surface area contributed by atoms with Gasteiger partial charge in [0.15, 0.2) is 5.60 Å². The number of carboxylic acid groups (broad SMARTS) is 1. The van der Waals surface area contributed by atoms with Crippen LogP contribution in [0.25, 0.3) is 0 Å². The summed E-state index contributed by atoms with van der Waals surface area (Å²) in [5.41, 5.74) is 3.64. The predicted molar refractivity (Wildman–Crippen MR) is 56.5 cm³/mol. The van der Waals surface area contributed by atoms with Crippen LogP contribution in [0.15, 0.2) is 12.2 Å². The van der Waals surface area contributed by atoms with Gasteiger partial charge in [-0.05, 0) is 13.3 Å². The average Bonchev–Trinajstić information content (AvgIpc) is 2.61. The molecule has 1 amide bonds. The van der Waals surface area contributed by atoms with Gasteiger partial charge in [0.1, 0.15) is 0 Å². The topological polar surface area (TPSA) is 113 Å². The van der Waals surface area contributed by atoms with Crippen molar-refractivity contribution in [1.29, 1.82) is 0 Å². The van der Waals surface area contributed by atoms with Gasteiger partial charge < -0.3 is 21.3 Å². The molecule has 0 aliphatic heterocycles. The van der Waals surface area contributed by atoms with Crippen molar-refractivity contribution in [2.24, 2.45) is 11.7 Å². The largest absolute Gasteiger partial charge is 0.479 e. The highest BCUT2D eigenvalue weighted by Gasteiger charge is 2.31. The second-order valence-electron chi connectivity index (χ2n) is 4.19. The first-order valence-electron chi connectivity index (χ1n) is 5.00. The van der Waals surface area contributed by atoms with Gasteiger partial charge in [-0.1, -0.05) is 12.2 Å². The summed E-state index contributed by atoms with van der Waals surface area (Å²) in [6, 6.07) is -0.129. The van der Waals surface area contributed by atoms with Gasteiger partial charge >= 0.3 is 5.97 Å². The van der Waals surface area contributed by atoms with Gasteiger partial charge in [0.25, 0.3) is 0 Å². The Bertz CT molecular complexity index is 325. The summed E-state index contributed by atoms with van der Waals surface area (Å²) < 4.78 is 0. The number of hydrogen-bond donors (Lipinski definition) is 4. The van der Waals surface area contributed by atoms with Crippen LogP contribution in [-0.2, 0) is 9.59 Å². The summed E-state index contributed by atoms with van der Waals surface area (Å²) in [4.78, 5) is 22.1. The van der Waals surface area contributed by atoms with Crippen LogP contribution in [0, 0.1) is 5.92 Å². The van der Waals surface area contributed by atoms with E-state index in [2.05, 4.69) is 5.32 Å². The summed E-state index contributed by atoms with van der Waals surface area (Å²) in [6.07, 6.45) is 3.94. The molecule has 0 spiro atoms. The van der Waals surface area contributed by atoms with Gasteiger partial charge in [0.2, 0.25) is 5.91 Å². The van der Waals surface area contributed by atoms with E-state index in [1.165, 1.54) is 0 Å². The number of hydrogen-bond acceptors (Lipinski definition) is 4. The maximum atomic E-state index is 11.5. The average molecular weight is 228 g/mol. The van der Waals surface area contributed by atoms with Gasteiger partial charge in [-0.25, -0.2) is 4.79 Å². The van der Waals surface area contributed by atoms with Gasteiger partial charge in [-0.15, -0.1) is 0 Å². The molecule has 0 saturated carbocycles. The number of rotatable bonds is 4. The second-order valence-corrected chi connectivity index (χ2v) is 4.19. The van der Waals surface area contributed by atoms with Crippen molar-refractivity contribution in [2.45, 2.75) is 25.0 Å². The smallest absolute Gasteiger partial charge is 0.337 e. The molecule has 1 rings (SSSR count). The van der Waals surface area contributed by atoms with Crippen LogP contribution >= 0.6 is 0 Å². The Hall–Kier alpha value is -1.40. The molecule has 16 heavy (non-hydrogen) atoms. The Kier molecular flexibility index (Phi) is 3.66. The first kappa shape index (κ1) is 12.7. The lowest BCUT2D eigenvalue weighted by Crippen LogP contribution is -2.47. The van der Waals surface area contributed by atoms with Crippen LogP contribution in [0.5, 0.6) is 0 Å². The number of aliphatic hydroxyl groups is 1. The molecule has 6 heteroatoms. The first-order valence-corrected chi connectivity index (χ1v) is 5.00. The SMILES string of the molecule is CC(O)(CNC(=O)C1C=CC(N)C1)C(=O)O. The van der Waals surface area contributed by atoms with Crippen LogP contribution in [-0.4, -0.2) is 40.3 Å². The number of amides is 1. The summed E-state index contributed by atoms with van der Waals surface area (Å²) >= 11 is 0.